The van der Waals surface area contributed by atoms with E-state index < -0.39 is 17.6 Å². The van der Waals surface area contributed by atoms with Gasteiger partial charge in [0, 0.05) is 46.8 Å². The van der Waals surface area contributed by atoms with Crippen LogP contribution in [0.15, 0.2) is 4.99 Å². The summed E-state index contributed by atoms with van der Waals surface area (Å²) in [6.45, 7) is 5.93. The van der Waals surface area contributed by atoms with E-state index in [4.69, 9.17) is 4.99 Å². The number of piperazine rings is 1. The zero-order chi connectivity index (χ0) is 20.9. The number of guanidine groups is 1. The summed E-state index contributed by atoms with van der Waals surface area (Å²) in [5, 5.41) is 3.25. The lowest BCUT2D eigenvalue weighted by Gasteiger charge is -2.40. The third kappa shape index (κ3) is 6.60. The number of amides is 1. The molecule has 6 nitrogen and oxygen atoms in total. The lowest BCUT2D eigenvalue weighted by atomic mass is 9.85. The number of nitrogens with one attached hydrogen (secondary N) is 1. The van der Waals surface area contributed by atoms with Crippen LogP contribution in [0.3, 0.4) is 0 Å². The van der Waals surface area contributed by atoms with Crippen LogP contribution >= 0.6 is 24.0 Å². The maximum absolute atomic E-state index is 13.0. The van der Waals surface area contributed by atoms with Crippen molar-refractivity contribution in [3.05, 3.63) is 0 Å². The molecule has 0 aromatic rings. The minimum atomic E-state index is -4.21. The number of alkyl halides is 3. The van der Waals surface area contributed by atoms with E-state index in [2.05, 4.69) is 5.32 Å². The van der Waals surface area contributed by atoms with Gasteiger partial charge in [0.1, 0.15) is 6.04 Å². The van der Waals surface area contributed by atoms with Gasteiger partial charge in [-0.05, 0) is 26.7 Å². The number of carbonyl (C=O) groups excluding carboxylic acids is 1. The summed E-state index contributed by atoms with van der Waals surface area (Å²) < 4.78 is 38.9. The molecule has 1 atom stereocenters. The third-order valence-corrected chi connectivity index (χ3v) is 5.92. The summed E-state index contributed by atoms with van der Waals surface area (Å²) in [6.07, 6.45) is -0.477. The van der Waals surface area contributed by atoms with E-state index in [1.807, 2.05) is 11.8 Å². The van der Waals surface area contributed by atoms with Crippen LogP contribution in [0.2, 0.25) is 0 Å². The molecule has 2 aliphatic rings. The van der Waals surface area contributed by atoms with E-state index in [-0.39, 0.29) is 29.9 Å². The molecule has 2 rings (SSSR count). The fourth-order valence-electron chi connectivity index (χ4n) is 4.15. The molecule has 1 saturated carbocycles. The van der Waals surface area contributed by atoms with Crippen LogP contribution in [0.1, 0.15) is 39.5 Å². The van der Waals surface area contributed by atoms with Gasteiger partial charge < -0.3 is 15.1 Å². The highest BCUT2D eigenvalue weighted by Gasteiger charge is 2.43. The molecule has 0 radical (unpaired) electrons. The van der Waals surface area contributed by atoms with Gasteiger partial charge >= 0.3 is 6.18 Å². The van der Waals surface area contributed by atoms with Crippen molar-refractivity contribution in [3.8, 4) is 0 Å². The Morgan fingerprint density at radius 2 is 1.72 bits per heavy atom. The van der Waals surface area contributed by atoms with Gasteiger partial charge in [0.05, 0.1) is 12.0 Å². The minimum absolute atomic E-state index is 0. The predicted octanol–water partition coefficient (Wildman–Crippen LogP) is 2.79. The molecule has 2 fully saturated rings. The Kier molecular flexibility index (Phi) is 9.97. The van der Waals surface area contributed by atoms with Gasteiger partial charge in [-0.25, -0.2) is 0 Å². The number of nitrogens with zero attached hydrogens (tertiary/aromatic N) is 4. The first-order valence-electron chi connectivity index (χ1n) is 10.2. The van der Waals surface area contributed by atoms with Crippen LogP contribution in [-0.2, 0) is 4.79 Å². The molecule has 1 saturated heterocycles. The quantitative estimate of drug-likeness (QED) is 0.336. The van der Waals surface area contributed by atoms with E-state index in [1.165, 1.54) is 11.8 Å². The van der Waals surface area contributed by atoms with Gasteiger partial charge in [-0.2, -0.15) is 13.2 Å². The molecule has 1 aliphatic heterocycles. The highest BCUT2D eigenvalue weighted by atomic mass is 127. The molecular formula is C19H35F3IN5O. The molecule has 0 aromatic carbocycles. The second-order valence-electron chi connectivity index (χ2n) is 8.10. The van der Waals surface area contributed by atoms with Crippen LogP contribution in [0.5, 0.6) is 0 Å². The monoisotopic (exact) mass is 533 g/mol. The Morgan fingerprint density at radius 1 is 1.17 bits per heavy atom. The Morgan fingerprint density at radius 3 is 2.17 bits per heavy atom. The Bertz CT molecular complexity index is 557. The second kappa shape index (κ2) is 11.0. The number of halogens is 4. The van der Waals surface area contributed by atoms with Crippen molar-refractivity contribution in [2.45, 2.75) is 51.7 Å². The number of rotatable bonds is 5. The molecular weight excluding hydrogens is 498 g/mol. The van der Waals surface area contributed by atoms with E-state index >= 15 is 0 Å². The van der Waals surface area contributed by atoms with Crippen LogP contribution in [0.25, 0.3) is 0 Å². The summed E-state index contributed by atoms with van der Waals surface area (Å²) in [6, 6.07) is -1.44. The summed E-state index contributed by atoms with van der Waals surface area (Å²) in [7, 11) is 3.55. The van der Waals surface area contributed by atoms with Gasteiger partial charge in [-0.3, -0.25) is 14.7 Å². The first-order chi connectivity index (χ1) is 13.1. The molecule has 0 spiro atoms. The lowest BCUT2D eigenvalue weighted by molar-refractivity contribution is -0.181. The first-order valence-corrected chi connectivity index (χ1v) is 10.2. The number of hydrogen-bond acceptors (Lipinski definition) is 3. The van der Waals surface area contributed by atoms with Crippen LogP contribution in [-0.4, -0.2) is 92.1 Å². The van der Waals surface area contributed by atoms with Gasteiger partial charge in [0.15, 0.2) is 5.96 Å². The molecule has 1 amide bonds. The van der Waals surface area contributed by atoms with Crippen molar-refractivity contribution in [1.29, 1.82) is 0 Å². The van der Waals surface area contributed by atoms with Gasteiger partial charge in [0.2, 0.25) is 5.91 Å². The summed E-state index contributed by atoms with van der Waals surface area (Å²) in [5.74, 6) is 0.813. The van der Waals surface area contributed by atoms with Crippen molar-refractivity contribution >= 4 is 35.8 Å². The average Bonchev–Trinajstić information content (AvgIpc) is 3.13. The molecule has 1 aliphatic carbocycles. The molecule has 0 aromatic heterocycles. The fourth-order valence-corrected chi connectivity index (χ4v) is 4.15. The van der Waals surface area contributed by atoms with Crippen molar-refractivity contribution < 1.29 is 18.0 Å². The largest absolute Gasteiger partial charge is 0.403 e. The van der Waals surface area contributed by atoms with Crippen LogP contribution in [0, 0.1) is 5.41 Å². The van der Waals surface area contributed by atoms with E-state index in [0.29, 0.717) is 45.2 Å². The minimum Gasteiger partial charge on any atom is -0.357 e. The van der Waals surface area contributed by atoms with E-state index in [9.17, 15) is 18.0 Å². The van der Waals surface area contributed by atoms with Crippen LogP contribution < -0.4 is 5.32 Å². The third-order valence-electron chi connectivity index (χ3n) is 5.92. The van der Waals surface area contributed by atoms with E-state index in [0.717, 1.165) is 25.7 Å². The second-order valence-corrected chi connectivity index (χ2v) is 8.10. The van der Waals surface area contributed by atoms with Crippen molar-refractivity contribution in [3.63, 3.8) is 0 Å². The van der Waals surface area contributed by atoms with Crippen molar-refractivity contribution in [1.82, 2.24) is 20.0 Å². The zero-order valence-electron chi connectivity index (χ0n) is 17.9. The van der Waals surface area contributed by atoms with Gasteiger partial charge in [-0.15, -0.1) is 24.0 Å². The van der Waals surface area contributed by atoms with Gasteiger partial charge in [0.25, 0.3) is 0 Å². The SMILES string of the molecule is CCNC(=NCC1(C(=O)N(C)C)CCCC1)N1CCN(C(C)C(F)(F)F)CC1.I. The lowest BCUT2D eigenvalue weighted by Crippen LogP contribution is -2.57. The first kappa shape index (κ1) is 26.3. The van der Waals surface area contributed by atoms with Gasteiger partial charge in [-0.1, -0.05) is 12.8 Å². The zero-order valence-corrected chi connectivity index (χ0v) is 20.2. The summed E-state index contributed by atoms with van der Waals surface area (Å²) in [5.41, 5.74) is -0.448. The Hall–Kier alpha value is -0.780. The van der Waals surface area contributed by atoms with Crippen molar-refractivity contribution in [2.24, 2.45) is 10.4 Å². The molecule has 29 heavy (non-hydrogen) atoms. The maximum atomic E-state index is 13.0. The highest BCUT2D eigenvalue weighted by molar-refractivity contribution is 14.0. The Labute approximate surface area is 189 Å². The normalized spacial score (nSPS) is 21.5. The summed E-state index contributed by atoms with van der Waals surface area (Å²) in [4.78, 5) is 22.6. The molecule has 10 heteroatoms. The highest BCUT2D eigenvalue weighted by Crippen LogP contribution is 2.39. The number of hydrogen-bond donors (Lipinski definition) is 1. The number of aliphatic imine (C=N–C) groups is 1. The smallest absolute Gasteiger partial charge is 0.357 e. The predicted molar refractivity (Wildman–Crippen MR) is 120 cm³/mol. The van der Waals surface area contributed by atoms with E-state index in [1.54, 1.807) is 19.0 Å². The number of carbonyl (C=O) groups is 1. The average molecular weight is 533 g/mol. The van der Waals surface area contributed by atoms with Crippen LogP contribution in [0.4, 0.5) is 13.2 Å². The molecule has 0 bridgehead atoms. The summed E-state index contributed by atoms with van der Waals surface area (Å²) >= 11 is 0. The topological polar surface area (TPSA) is 51.2 Å². The fraction of sp³-hybridized carbons (Fsp3) is 0.895. The molecule has 170 valence electrons. The maximum Gasteiger partial charge on any atom is 0.403 e. The Balaban J connectivity index is 0.00000420. The molecule has 1 N–H and O–H groups in total. The standard InChI is InChI=1S/C19H34F3N5O.HI/c1-5-23-17(24-14-18(8-6-7-9-18)16(28)25(3)4)27-12-10-26(11-13-27)15(2)19(20,21)22;/h15H,5-14H2,1-4H3,(H,23,24);1H. The molecule has 1 unspecified atom stereocenters. The molecule has 1 heterocycles. The van der Waals surface area contributed by atoms with Crippen molar-refractivity contribution in [2.75, 3.05) is 53.4 Å².